The second-order valence-electron chi connectivity index (χ2n) is 6.40. The van der Waals surface area contributed by atoms with Crippen LogP contribution in [-0.2, 0) is 4.79 Å². The second kappa shape index (κ2) is 8.20. The third-order valence-electron chi connectivity index (χ3n) is 4.66. The average molecular weight is 321 g/mol. The molecular weight excluding hydrogens is 297 g/mol. The lowest BCUT2D eigenvalue weighted by Gasteiger charge is -2.35. The molecule has 0 bridgehead atoms. The second-order valence-corrected chi connectivity index (χ2v) is 6.40. The Labute approximate surface area is 136 Å². The minimum Gasteiger partial charge on any atom is -0.396 e. The molecule has 126 valence electrons. The van der Waals surface area contributed by atoms with Gasteiger partial charge in [0.1, 0.15) is 5.82 Å². The molecule has 0 unspecified atom stereocenters. The van der Waals surface area contributed by atoms with Gasteiger partial charge in [0.25, 0.3) is 0 Å². The number of halogens is 1. The molecule has 1 fully saturated rings. The Balaban J connectivity index is 1.79. The Hall–Kier alpha value is -1.75. The maximum atomic E-state index is 13.5. The lowest BCUT2D eigenvalue weighted by molar-refractivity contribution is -0.121. The molecule has 1 aromatic carbocycles. The third-order valence-corrected chi connectivity index (χ3v) is 4.66. The van der Waals surface area contributed by atoms with E-state index in [1.165, 1.54) is 24.6 Å². The number of carbonyl (C=O) groups excluding carboxylic acids is 2. The van der Waals surface area contributed by atoms with E-state index in [4.69, 9.17) is 0 Å². The number of Topliss-reactive ketones (excluding diaryl/α,β-unsaturated/α-hetero) is 1. The highest BCUT2D eigenvalue weighted by atomic mass is 19.1. The zero-order valence-electron chi connectivity index (χ0n) is 13.3. The number of nitrogens with one attached hydrogen (secondary N) is 1. The maximum Gasteiger partial charge on any atom is 0.220 e. The minimum atomic E-state index is -0.556. The molecule has 4 nitrogen and oxygen atoms in total. The Bertz CT molecular complexity index is 553. The van der Waals surface area contributed by atoms with E-state index in [-0.39, 0.29) is 42.1 Å². The van der Waals surface area contributed by atoms with Crippen LogP contribution in [0.15, 0.2) is 24.3 Å². The van der Waals surface area contributed by atoms with Crippen LogP contribution in [-0.4, -0.2) is 29.9 Å². The van der Waals surface area contributed by atoms with Crippen molar-refractivity contribution in [2.75, 3.05) is 13.2 Å². The summed E-state index contributed by atoms with van der Waals surface area (Å²) in [7, 11) is 0. The highest BCUT2D eigenvalue weighted by Crippen LogP contribution is 2.35. The minimum absolute atomic E-state index is 0.0150. The van der Waals surface area contributed by atoms with Crippen molar-refractivity contribution in [2.24, 2.45) is 5.41 Å². The van der Waals surface area contributed by atoms with E-state index in [1.807, 2.05) is 0 Å². The van der Waals surface area contributed by atoms with Gasteiger partial charge in [-0.2, -0.15) is 0 Å². The van der Waals surface area contributed by atoms with Crippen LogP contribution in [0.25, 0.3) is 0 Å². The molecule has 1 saturated carbocycles. The van der Waals surface area contributed by atoms with Gasteiger partial charge >= 0.3 is 0 Å². The van der Waals surface area contributed by atoms with Crippen molar-refractivity contribution in [3.63, 3.8) is 0 Å². The summed E-state index contributed by atoms with van der Waals surface area (Å²) in [5.41, 5.74) is -0.192. The van der Waals surface area contributed by atoms with Crippen molar-refractivity contribution in [3.8, 4) is 0 Å². The summed E-state index contributed by atoms with van der Waals surface area (Å²) in [5.74, 6) is -1.15. The zero-order chi connectivity index (χ0) is 16.7. The molecule has 2 rings (SSSR count). The first-order valence-corrected chi connectivity index (χ1v) is 8.22. The maximum absolute atomic E-state index is 13.5. The molecule has 2 N–H and O–H groups in total. The van der Waals surface area contributed by atoms with Crippen LogP contribution in [0.5, 0.6) is 0 Å². The SMILES string of the molecule is O=C(CCC(=O)c1ccccc1F)NCC1(CO)CCCCC1. The van der Waals surface area contributed by atoms with Crippen LogP contribution in [0.2, 0.25) is 0 Å². The summed E-state index contributed by atoms with van der Waals surface area (Å²) >= 11 is 0. The fourth-order valence-electron chi connectivity index (χ4n) is 3.12. The average Bonchev–Trinajstić information content (AvgIpc) is 2.59. The van der Waals surface area contributed by atoms with Crippen molar-refractivity contribution in [3.05, 3.63) is 35.6 Å². The Morgan fingerprint density at radius 1 is 1.13 bits per heavy atom. The van der Waals surface area contributed by atoms with E-state index in [0.717, 1.165) is 25.7 Å². The molecule has 1 aliphatic rings. The molecule has 0 atom stereocenters. The molecule has 1 aliphatic carbocycles. The van der Waals surface area contributed by atoms with Crippen LogP contribution in [0, 0.1) is 11.2 Å². The smallest absolute Gasteiger partial charge is 0.220 e. The van der Waals surface area contributed by atoms with Crippen LogP contribution in [0.3, 0.4) is 0 Å². The summed E-state index contributed by atoms with van der Waals surface area (Å²) in [6.07, 6.45) is 5.17. The molecule has 0 saturated heterocycles. The van der Waals surface area contributed by atoms with Gasteiger partial charge in [-0.3, -0.25) is 9.59 Å². The van der Waals surface area contributed by atoms with Gasteiger partial charge in [0, 0.05) is 24.8 Å². The first kappa shape index (κ1) is 17.6. The fourth-order valence-corrected chi connectivity index (χ4v) is 3.12. The largest absolute Gasteiger partial charge is 0.396 e. The number of carbonyl (C=O) groups is 2. The summed E-state index contributed by atoms with van der Waals surface area (Å²) in [4.78, 5) is 23.9. The Morgan fingerprint density at radius 3 is 2.48 bits per heavy atom. The Kier molecular flexibility index (Phi) is 6.28. The monoisotopic (exact) mass is 321 g/mol. The van der Waals surface area contributed by atoms with Gasteiger partial charge in [-0.25, -0.2) is 4.39 Å². The van der Waals surface area contributed by atoms with Crippen LogP contribution in [0.1, 0.15) is 55.3 Å². The van der Waals surface area contributed by atoms with E-state index in [2.05, 4.69) is 5.32 Å². The normalized spacial score (nSPS) is 16.8. The van der Waals surface area contributed by atoms with Gasteiger partial charge < -0.3 is 10.4 Å². The summed E-state index contributed by atoms with van der Waals surface area (Å²) in [6, 6.07) is 5.79. The summed E-state index contributed by atoms with van der Waals surface area (Å²) in [5, 5.41) is 12.4. The van der Waals surface area contributed by atoms with Crippen LogP contribution >= 0.6 is 0 Å². The quantitative estimate of drug-likeness (QED) is 0.759. The lowest BCUT2D eigenvalue weighted by Crippen LogP contribution is -2.41. The number of hydrogen-bond acceptors (Lipinski definition) is 3. The molecule has 0 heterocycles. The van der Waals surface area contributed by atoms with Crippen molar-refractivity contribution < 1.29 is 19.1 Å². The van der Waals surface area contributed by atoms with Gasteiger partial charge in [-0.15, -0.1) is 0 Å². The van der Waals surface area contributed by atoms with Gasteiger partial charge in [0.05, 0.1) is 12.2 Å². The first-order chi connectivity index (χ1) is 11.1. The van der Waals surface area contributed by atoms with Crippen molar-refractivity contribution in [1.29, 1.82) is 0 Å². The highest BCUT2D eigenvalue weighted by molar-refractivity contribution is 5.98. The summed E-state index contributed by atoms with van der Waals surface area (Å²) in [6.45, 7) is 0.512. The number of rotatable bonds is 7. The number of ketones is 1. The van der Waals surface area contributed by atoms with E-state index < -0.39 is 5.82 Å². The van der Waals surface area contributed by atoms with E-state index >= 15 is 0 Å². The predicted octanol–water partition coefficient (Wildman–Crippen LogP) is 2.85. The van der Waals surface area contributed by atoms with Crippen molar-refractivity contribution in [2.45, 2.75) is 44.9 Å². The van der Waals surface area contributed by atoms with Gasteiger partial charge in [0.2, 0.25) is 5.91 Å². The van der Waals surface area contributed by atoms with Crippen LogP contribution < -0.4 is 5.32 Å². The molecule has 1 amide bonds. The molecule has 5 heteroatoms. The van der Waals surface area contributed by atoms with E-state index in [1.54, 1.807) is 6.07 Å². The molecule has 0 spiro atoms. The molecule has 23 heavy (non-hydrogen) atoms. The summed E-state index contributed by atoms with van der Waals surface area (Å²) < 4.78 is 13.5. The van der Waals surface area contributed by atoms with Gasteiger partial charge in [-0.1, -0.05) is 31.4 Å². The molecule has 0 aliphatic heterocycles. The Morgan fingerprint density at radius 2 is 1.83 bits per heavy atom. The number of benzene rings is 1. The van der Waals surface area contributed by atoms with Gasteiger partial charge in [0.15, 0.2) is 5.78 Å². The first-order valence-electron chi connectivity index (χ1n) is 8.22. The third kappa shape index (κ3) is 4.86. The van der Waals surface area contributed by atoms with E-state index in [9.17, 15) is 19.1 Å². The standard InChI is InChI=1S/C18H24FNO3/c19-15-7-3-2-6-14(15)16(22)8-9-17(23)20-12-18(13-21)10-4-1-5-11-18/h2-3,6-7,21H,1,4-5,8-13H2,(H,20,23). The number of aliphatic hydroxyl groups excluding tert-OH is 1. The number of amides is 1. The highest BCUT2D eigenvalue weighted by Gasteiger charge is 2.31. The molecule has 0 aromatic heterocycles. The molecule has 0 radical (unpaired) electrons. The number of aliphatic hydroxyl groups is 1. The van der Waals surface area contributed by atoms with Crippen LogP contribution in [0.4, 0.5) is 4.39 Å². The van der Waals surface area contributed by atoms with Crippen molar-refractivity contribution >= 4 is 11.7 Å². The zero-order valence-corrected chi connectivity index (χ0v) is 13.3. The topological polar surface area (TPSA) is 66.4 Å². The fraction of sp³-hybridized carbons (Fsp3) is 0.556. The van der Waals surface area contributed by atoms with Crippen molar-refractivity contribution in [1.82, 2.24) is 5.32 Å². The molecular formula is C18H24FNO3. The number of hydrogen-bond donors (Lipinski definition) is 2. The molecule has 1 aromatic rings. The predicted molar refractivity (Wildman–Crippen MR) is 85.6 cm³/mol. The lowest BCUT2D eigenvalue weighted by atomic mass is 9.74. The van der Waals surface area contributed by atoms with E-state index in [0.29, 0.717) is 6.54 Å². The van der Waals surface area contributed by atoms with Gasteiger partial charge in [-0.05, 0) is 25.0 Å².